The van der Waals surface area contributed by atoms with Gasteiger partial charge in [-0.2, -0.15) is 0 Å². The van der Waals surface area contributed by atoms with Gasteiger partial charge >= 0.3 is 5.97 Å². The highest BCUT2D eigenvalue weighted by atomic mass is 32.0. The molecule has 9 heavy (non-hydrogen) atoms. The SMILES string of the molecule is O=C(O)CCP[PH](=O)O. The minimum atomic E-state index is -2.42. The lowest BCUT2D eigenvalue weighted by molar-refractivity contribution is -0.136. The van der Waals surface area contributed by atoms with Gasteiger partial charge in [-0.1, -0.05) is 0 Å². The zero-order chi connectivity index (χ0) is 7.28. The first-order chi connectivity index (χ1) is 4.13. The molecule has 0 aromatic heterocycles. The van der Waals surface area contributed by atoms with Gasteiger partial charge in [-0.3, -0.25) is 9.36 Å². The van der Waals surface area contributed by atoms with E-state index in [0.717, 1.165) is 0 Å². The van der Waals surface area contributed by atoms with Gasteiger partial charge in [0.2, 0.25) is 7.72 Å². The van der Waals surface area contributed by atoms with Gasteiger partial charge in [-0.25, -0.2) is 0 Å². The van der Waals surface area contributed by atoms with E-state index in [2.05, 4.69) is 0 Å². The molecule has 0 radical (unpaired) electrons. The molecule has 0 fully saturated rings. The molecule has 0 amide bonds. The Bertz CT molecular complexity index is 109. The highest BCUT2D eigenvalue weighted by molar-refractivity contribution is 8.12. The van der Waals surface area contributed by atoms with E-state index in [0.29, 0.717) is 6.16 Å². The van der Waals surface area contributed by atoms with Crippen molar-refractivity contribution in [1.82, 2.24) is 0 Å². The summed E-state index contributed by atoms with van der Waals surface area (Å²) in [5, 5.41) is 8.06. The molecule has 2 unspecified atom stereocenters. The third kappa shape index (κ3) is 8.09. The first-order valence-corrected chi connectivity index (χ1v) is 5.88. The fourth-order valence-electron chi connectivity index (χ4n) is 0.276. The van der Waals surface area contributed by atoms with Crippen molar-refractivity contribution < 1.29 is 19.4 Å². The minimum Gasteiger partial charge on any atom is -0.481 e. The maximum absolute atomic E-state index is 9.99. The number of carbonyl (C=O) groups is 1. The van der Waals surface area contributed by atoms with Crippen molar-refractivity contribution in [3.8, 4) is 0 Å². The van der Waals surface area contributed by atoms with Gasteiger partial charge in [0.05, 0.1) is 0 Å². The third-order valence-corrected chi connectivity index (χ3v) is 3.07. The average Bonchev–Trinajstić information content (AvgIpc) is 1.63. The molecular formula is C3H8O4P2. The van der Waals surface area contributed by atoms with Gasteiger partial charge in [0.25, 0.3) is 0 Å². The number of hydrogen-bond acceptors (Lipinski definition) is 2. The fraction of sp³-hybridized carbons (Fsp3) is 0.667. The van der Waals surface area contributed by atoms with Crippen molar-refractivity contribution in [2.24, 2.45) is 0 Å². The quantitative estimate of drug-likeness (QED) is 0.603. The van der Waals surface area contributed by atoms with Crippen molar-refractivity contribution >= 4 is 22.0 Å². The average molecular weight is 170 g/mol. The molecule has 54 valence electrons. The zero-order valence-electron chi connectivity index (χ0n) is 4.63. The monoisotopic (exact) mass is 170 g/mol. The number of aliphatic carboxylic acids is 1. The summed E-state index contributed by atoms with van der Waals surface area (Å²) in [5.41, 5.74) is 0. The van der Waals surface area contributed by atoms with Gasteiger partial charge in [0.1, 0.15) is 0 Å². The molecule has 0 spiro atoms. The topological polar surface area (TPSA) is 74.6 Å². The lowest BCUT2D eigenvalue weighted by atomic mass is 10.5. The smallest absolute Gasteiger partial charge is 0.303 e. The first kappa shape index (κ1) is 9.09. The van der Waals surface area contributed by atoms with Crippen molar-refractivity contribution in [2.75, 3.05) is 6.16 Å². The van der Waals surface area contributed by atoms with Crippen LogP contribution >= 0.6 is 16.0 Å². The summed E-state index contributed by atoms with van der Waals surface area (Å²) in [5.74, 6) is -0.911. The molecule has 6 heteroatoms. The second kappa shape index (κ2) is 4.92. The highest BCUT2D eigenvalue weighted by Crippen LogP contribution is 2.40. The fourth-order valence-corrected chi connectivity index (χ4v) is 1.85. The van der Waals surface area contributed by atoms with E-state index in [1.54, 1.807) is 0 Å². The summed E-state index contributed by atoms with van der Waals surface area (Å²) in [6.07, 6.45) is 0.318. The molecule has 2 N–H and O–H groups in total. The molecule has 0 heterocycles. The van der Waals surface area contributed by atoms with E-state index in [-0.39, 0.29) is 14.7 Å². The summed E-state index contributed by atoms with van der Waals surface area (Å²) >= 11 is 0. The van der Waals surface area contributed by atoms with Crippen molar-refractivity contribution in [3.63, 3.8) is 0 Å². The molecule has 0 aliphatic carbocycles. The molecule has 0 bridgehead atoms. The molecule has 2 atom stereocenters. The molecule has 4 nitrogen and oxygen atoms in total. The number of carboxylic acid groups (broad SMARTS) is 1. The van der Waals surface area contributed by atoms with E-state index < -0.39 is 13.7 Å². The highest BCUT2D eigenvalue weighted by Gasteiger charge is 1.97. The van der Waals surface area contributed by atoms with Gasteiger partial charge < -0.3 is 10.00 Å². The van der Waals surface area contributed by atoms with E-state index in [1.807, 2.05) is 0 Å². The summed E-state index contributed by atoms with van der Waals surface area (Å²) in [6, 6.07) is 0. The van der Waals surface area contributed by atoms with Gasteiger partial charge in [0, 0.05) is 6.42 Å². The van der Waals surface area contributed by atoms with E-state index in [4.69, 9.17) is 10.00 Å². The van der Waals surface area contributed by atoms with Crippen LogP contribution in [0.4, 0.5) is 0 Å². The summed E-state index contributed by atoms with van der Waals surface area (Å²) in [7, 11) is -2.51. The lowest BCUT2D eigenvalue weighted by Crippen LogP contribution is -1.93. The van der Waals surface area contributed by atoms with Crippen LogP contribution in [0.1, 0.15) is 6.42 Å². The number of hydrogen-bond donors (Lipinski definition) is 2. The Morgan fingerprint density at radius 3 is 2.56 bits per heavy atom. The normalized spacial score (nSPS) is 14.3. The van der Waals surface area contributed by atoms with Crippen LogP contribution in [0.25, 0.3) is 0 Å². The van der Waals surface area contributed by atoms with Crippen LogP contribution in [0.3, 0.4) is 0 Å². The Kier molecular flexibility index (Phi) is 4.97. The molecule has 0 aliphatic rings. The molecule has 0 rings (SSSR count). The zero-order valence-corrected chi connectivity index (χ0v) is 6.63. The van der Waals surface area contributed by atoms with Crippen LogP contribution in [0.5, 0.6) is 0 Å². The van der Waals surface area contributed by atoms with Crippen molar-refractivity contribution in [3.05, 3.63) is 0 Å². The largest absolute Gasteiger partial charge is 0.481 e. The van der Waals surface area contributed by atoms with Gasteiger partial charge in [0.15, 0.2) is 0 Å². The van der Waals surface area contributed by atoms with Crippen LogP contribution in [0, 0.1) is 0 Å². The predicted molar refractivity (Wildman–Crippen MR) is 36.7 cm³/mol. The van der Waals surface area contributed by atoms with Crippen molar-refractivity contribution in [1.29, 1.82) is 0 Å². The number of rotatable bonds is 4. The molecule has 0 saturated heterocycles. The minimum absolute atomic E-state index is 0.00455. The van der Waals surface area contributed by atoms with Crippen LogP contribution < -0.4 is 0 Å². The Balaban J connectivity index is 3.10. The van der Waals surface area contributed by atoms with Crippen LogP contribution in [0.15, 0.2) is 0 Å². The summed E-state index contributed by atoms with van der Waals surface area (Å²) in [4.78, 5) is 18.0. The Morgan fingerprint density at radius 2 is 2.22 bits per heavy atom. The van der Waals surface area contributed by atoms with Crippen molar-refractivity contribution in [2.45, 2.75) is 6.42 Å². The van der Waals surface area contributed by atoms with E-state index in [1.165, 1.54) is 0 Å². The first-order valence-electron chi connectivity index (χ1n) is 2.31. The molecule has 0 aliphatic heterocycles. The molecular weight excluding hydrogens is 162 g/mol. The third-order valence-electron chi connectivity index (χ3n) is 0.615. The van der Waals surface area contributed by atoms with E-state index in [9.17, 15) is 9.36 Å². The van der Waals surface area contributed by atoms with Crippen LogP contribution in [0.2, 0.25) is 0 Å². The predicted octanol–water partition coefficient (Wildman–Crippen LogP) is 0.522. The lowest BCUT2D eigenvalue weighted by Gasteiger charge is -1.90. The van der Waals surface area contributed by atoms with Gasteiger partial charge in [-0.15, -0.1) is 0 Å². The maximum Gasteiger partial charge on any atom is 0.303 e. The molecule has 0 aromatic rings. The van der Waals surface area contributed by atoms with Crippen LogP contribution in [-0.4, -0.2) is 22.1 Å². The van der Waals surface area contributed by atoms with E-state index >= 15 is 0 Å². The maximum atomic E-state index is 9.99. The van der Waals surface area contributed by atoms with Crippen LogP contribution in [-0.2, 0) is 9.36 Å². The second-order valence-corrected chi connectivity index (χ2v) is 5.18. The molecule has 0 aromatic carbocycles. The Morgan fingerprint density at radius 1 is 1.67 bits per heavy atom. The standard InChI is InChI=1S/C3H8O4P2/c4-3(5)1-2-8-9(6)7/h8-9H,1-2H2,(H,4,5)(H,6,7). The second-order valence-electron chi connectivity index (χ2n) is 1.38. The molecule has 0 saturated carbocycles. The summed E-state index contributed by atoms with van der Waals surface area (Å²) in [6.45, 7) is 0. The summed E-state index contributed by atoms with van der Waals surface area (Å²) < 4.78 is 9.99. The Labute approximate surface area is 54.8 Å². The number of carboxylic acids is 1. The Hall–Kier alpha value is 0.0900. The van der Waals surface area contributed by atoms with Gasteiger partial charge in [-0.05, 0) is 14.4 Å².